The van der Waals surface area contributed by atoms with Crippen LogP contribution in [0.5, 0.6) is 0 Å². The van der Waals surface area contributed by atoms with E-state index in [-0.39, 0.29) is 23.5 Å². The van der Waals surface area contributed by atoms with E-state index in [1.165, 1.54) is 12.1 Å². The second-order valence-corrected chi connectivity index (χ2v) is 5.63. The van der Waals surface area contributed by atoms with Crippen molar-refractivity contribution in [2.75, 3.05) is 13.1 Å². The standard InChI is InChI=1S/C17H16FN3O2/c18-13-4-1-3-11(7-13)8-14-5-2-6-15(20-14)17(23)21-9-12(10-21)16(19)22/h1-7,12H,8-10H2,(H2,19,22). The van der Waals surface area contributed by atoms with Crippen LogP contribution in [0.1, 0.15) is 21.7 Å². The van der Waals surface area contributed by atoms with Crippen molar-refractivity contribution in [3.8, 4) is 0 Å². The minimum Gasteiger partial charge on any atom is -0.369 e. The average molecular weight is 313 g/mol. The molecule has 0 bridgehead atoms. The van der Waals surface area contributed by atoms with E-state index in [9.17, 15) is 14.0 Å². The molecule has 0 unspecified atom stereocenters. The predicted octanol–water partition coefficient (Wildman–Crippen LogP) is 1.37. The molecule has 0 radical (unpaired) electrons. The maximum absolute atomic E-state index is 13.2. The third-order valence-corrected chi connectivity index (χ3v) is 3.87. The van der Waals surface area contributed by atoms with Gasteiger partial charge in [0.1, 0.15) is 11.5 Å². The first-order chi connectivity index (χ1) is 11.0. The highest BCUT2D eigenvalue weighted by Gasteiger charge is 2.35. The summed E-state index contributed by atoms with van der Waals surface area (Å²) in [7, 11) is 0. The number of pyridine rings is 1. The summed E-state index contributed by atoms with van der Waals surface area (Å²) in [6.07, 6.45) is 0.447. The normalized spacial score (nSPS) is 14.4. The smallest absolute Gasteiger partial charge is 0.272 e. The molecule has 0 spiro atoms. The van der Waals surface area contributed by atoms with Gasteiger partial charge >= 0.3 is 0 Å². The van der Waals surface area contributed by atoms with Gasteiger partial charge < -0.3 is 10.6 Å². The number of benzene rings is 1. The van der Waals surface area contributed by atoms with Crippen molar-refractivity contribution in [3.05, 3.63) is 65.2 Å². The lowest BCUT2D eigenvalue weighted by molar-refractivity contribution is -0.125. The molecular weight excluding hydrogens is 297 g/mol. The van der Waals surface area contributed by atoms with E-state index in [1.807, 2.05) is 6.07 Å². The number of halogens is 1. The van der Waals surface area contributed by atoms with Crippen molar-refractivity contribution >= 4 is 11.8 Å². The molecule has 2 N–H and O–H groups in total. The fourth-order valence-electron chi connectivity index (χ4n) is 2.54. The Morgan fingerprint density at radius 1 is 1.22 bits per heavy atom. The van der Waals surface area contributed by atoms with Gasteiger partial charge in [-0.1, -0.05) is 18.2 Å². The second-order valence-electron chi connectivity index (χ2n) is 5.63. The van der Waals surface area contributed by atoms with Crippen molar-refractivity contribution < 1.29 is 14.0 Å². The van der Waals surface area contributed by atoms with E-state index in [0.29, 0.717) is 30.9 Å². The van der Waals surface area contributed by atoms with Gasteiger partial charge in [-0.05, 0) is 29.8 Å². The molecule has 0 atom stereocenters. The van der Waals surface area contributed by atoms with Gasteiger partial charge in [0.25, 0.3) is 5.91 Å². The summed E-state index contributed by atoms with van der Waals surface area (Å²) in [4.78, 5) is 29.2. The van der Waals surface area contributed by atoms with Crippen molar-refractivity contribution in [2.45, 2.75) is 6.42 Å². The second kappa shape index (κ2) is 6.16. The monoisotopic (exact) mass is 313 g/mol. The molecule has 1 saturated heterocycles. The zero-order chi connectivity index (χ0) is 16.4. The molecule has 118 valence electrons. The Kier molecular flexibility index (Phi) is 4.06. The fraction of sp³-hybridized carbons (Fsp3) is 0.235. The van der Waals surface area contributed by atoms with Crippen LogP contribution in [0.25, 0.3) is 0 Å². The third-order valence-electron chi connectivity index (χ3n) is 3.87. The number of primary amides is 1. The molecular formula is C17H16FN3O2. The summed E-state index contributed by atoms with van der Waals surface area (Å²) in [5.74, 6) is -1.17. The number of rotatable bonds is 4. The van der Waals surface area contributed by atoms with E-state index in [4.69, 9.17) is 5.73 Å². The summed E-state index contributed by atoms with van der Waals surface area (Å²) in [5, 5.41) is 0. The molecule has 6 heteroatoms. The lowest BCUT2D eigenvalue weighted by atomic mass is 9.99. The van der Waals surface area contributed by atoms with Crippen LogP contribution in [-0.4, -0.2) is 34.8 Å². The molecule has 1 aliphatic rings. The lowest BCUT2D eigenvalue weighted by Gasteiger charge is -2.37. The van der Waals surface area contributed by atoms with E-state index >= 15 is 0 Å². The number of hydrogen-bond acceptors (Lipinski definition) is 3. The van der Waals surface area contributed by atoms with Crippen molar-refractivity contribution in [3.63, 3.8) is 0 Å². The van der Waals surface area contributed by atoms with Gasteiger partial charge in [0.2, 0.25) is 5.91 Å². The summed E-state index contributed by atoms with van der Waals surface area (Å²) in [6.45, 7) is 0.675. The summed E-state index contributed by atoms with van der Waals surface area (Å²) >= 11 is 0. The minimum atomic E-state index is -0.387. The summed E-state index contributed by atoms with van der Waals surface area (Å²) in [5.41, 5.74) is 7.00. The highest BCUT2D eigenvalue weighted by Crippen LogP contribution is 2.18. The van der Waals surface area contributed by atoms with Crippen LogP contribution >= 0.6 is 0 Å². The molecule has 2 aromatic rings. The molecule has 5 nitrogen and oxygen atoms in total. The van der Waals surface area contributed by atoms with Crippen LogP contribution < -0.4 is 5.73 Å². The first kappa shape index (κ1) is 15.1. The van der Waals surface area contributed by atoms with Crippen molar-refractivity contribution in [1.82, 2.24) is 9.88 Å². The van der Waals surface area contributed by atoms with Crippen molar-refractivity contribution in [2.24, 2.45) is 11.7 Å². The highest BCUT2D eigenvalue weighted by molar-refractivity contribution is 5.94. The van der Waals surface area contributed by atoms with Crippen LogP contribution in [0.4, 0.5) is 4.39 Å². The van der Waals surface area contributed by atoms with Crippen LogP contribution in [0.15, 0.2) is 42.5 Å². The topological polar surface area (TPSA) is 76.3 Å². The van der Waals surface area contributed by atoms with Crippen LogP contribution in [-0.2, 0) is 11.2 Å². The molecule has 3 rings (SSSR count). The molecule has 0 saturated carbocycles. The van der Waals surface area contributed by atoms with Crippen molar-refractivity contribution in [1.29, 1.82) is 0 Å². The van der Waals surface area contributed by atoms with Gasteiger partial charge in [-0.15, -0.1) is 0 Å². The number of hydrogen-bond donors (Lipinski definition) is 1. The maximum atomic E-state index is 13.2. The Bertz CT molecular complexity index is 757. The van der Waals surface area contributed by atoms with Gasteiger partial charge in [-0.3, -0.25) is 9.59 Å². The number of carbonyl (C=O) groups excluding carboxylic acids is 2. The SMILES string of the molecule is NC(=O)C1CN(C(=O)c2cccc(Cc3cccc(F)c3)n2)C1. The Labute approximate surface area is 132 Å². The fourth-order valence-corrected chi connectivity index (χ4v) is 2.54. The highest BCUT2D eigenvalue weighted by atomic mass is 19.1. The summed E-state index contributed by atoms with van der Waals surface area (Å²) < 4.78 is 13.2. The number of aromatic nitrogens is 1. The van der Waals surface area contributed by atoms with Crippen LogP contribution in [0.2, 0.25) is 0 Å². The zero-order valence-corrected chi connectivity index (χ0v) is 12.4. The third kappa shape index (κ3) is 3.36. The first-order valence-corrected chi connectivity index (χ1v) is 7.32. The first-order valence-electron chi connectivity index (χ1n) is 7.32. The predicted molar refractivity (Wildman–Crippen MR) is 82.0 cm³/mol. The van der Waals surface area contributed by atoms with Gasteiger partial charge in [-0.2, -0.15) is 0 Å². The average Bonchev–Trinajstić information content (AvgIpc) is 2.45. The number of carbonyl (C=O) groups is 2. The minimum absolute atomic E-state index is 0.219. The molecule has 1 fully saturated rings. The molecule has 23 heavy (non-hydrogen) atoms. The Hall–Kier alpha value is -2.76. The Morgan fingerprint density at radius 3 is 2.65 bits per heavy atom. The van der Waals surface area contributed by atoms with Crippen LogP contribution in [0, 0.1) is 11.7 Å². The molecule has 1 aromatic carbocycles. The van der Waals surface area contributed by atoms with Gasteiger partial charge in [0.15, 0.2) is 0 Å². The largest absolute Gasteiger partial charge is 0.369 e. The summed E-state index contributed by atoms with van der Waals surface area (Å²) in [6, 6.07) is 11.5. The zero-order valence-electron chi connectivity index (χ0n) is 12.4. The number of amides is 2. The van der Waals surface area contributed by atoms with Crippen LogP contribution in [0.3, 0.4) is 0 Å². The van der Waals surface area contributed by atoms with E-state index in [2.05, 4.69) is 4.98 Å². The molecule has 2 amide bonds. The Morgan fingerprint density at radius 2 is 1.96 bits per heavy atom. The van der Waals surface area contributed by atoms with E-state index < -0.39 is 0 Å². The molecule has 1 aromatic heterocycles. The number of nitrogens with zero attached hydrogens (tertiary/aromatic N) is 2. The Balaban J connectivity index is 1.70. The molecule has 0 aliphatic carbocycles. The quantitative estimate of drug-likeness (QED) is 0.926. The van der Waals surface area contributed by atoms with Gasteiger partial charge in [0, 0.05) is 25.2 Å². The number of likely N-dealkylation sites (tertiary alicyclic amines) is 1. The lowest BCUT2D eigenvalue weighted by Crippen LogP contribution is -2.54. The van der Waals surface area contributed by atoms with E-state index in [0.717, 1.165) is 5.56 Å². The van der Waals surface area contributed by atoms with Gasteiger partial charge in [0.05, 0.1) is 5.92 Å². The molecule has 2 heterocycles. The number of nitrogens with two attached hydrogens (primary N) is 1. The van der Waals surface area contributed by atoms with Gasteiger partial charge in [-0.25, -0.2) is 9.37 Å². The van der Waals surface area contributed by atoms with E-state index in [1.54, 1.807) is 29.2 Å². The maximum Gasteiger partial charge on any atom is 0.272 e. The molecule has 1 aliphatic heterocycles.